The Bertz CT molecular complexity index is 799. The Morgan fingerprint density at radius 1 is 1.13 bits per heavy atom. The zero-order valence-corrected chi connectivity index (χ0v) is 14.0. The van der Waals surface area contributed by atoms with E-state index in [1.54, 1.807) is 0 Å². The molecule has 0 saturated heterocycles. The topological polar surface area (TPSA) is 51.3 Å². The summed E-state index contributed by atoms with van der Waals surface area (Å²) in [6.07, 6.45) is 0.633. The van der Waals surface area contributed by atoms with E-state index in [1.165, 1.54) is 0 Å². The van der Waals surface area contributed by atoms with Gasteiger partial charge in [0.25, 0.3) is 6.47 Å². The molecule has 3 aromatic rings. The third kappa shape index (κ3) is 3.74. The zero-order valence-electron chi connectivity index (χ0n) is 12.4. The Balaban J connectivity index is 1.75. The third-order valence-corrected chi connectivity index (χ3v) is 4.47. The fraction of sp³-hybridized carbons (Fsp3) is 0.167. The van der Waals surface area contributed by atoms with E-state index in [9.17, 15) is 4.79 Å². The normalized spacial score (nSPS) is 10.7. The van der Waals surface area contributed by atoms with Gasteiger partial charge in [-0.25, -0.2) is 0 Å². The van der Waals surface area contributed by atoms with Crippen LogP contribution in [-0.2, 0) is 22.6 Å². The number of carbonyl (C=O) groups excluding carboxylic acids is 1. The van der Waals surface area contributed by atoms with Crippen molar-refractivity contribution >= 4 is 33.3 Å². The van der Waals surface area contributed by atoms with E-state index in [0.717, 1.165) is 32.4 Å². The maximum atomic E-state index is 10.2. The largest absolute Gasteiger partial charge is 0.489 e. The van der Waals surface area contributed by atoms with Crippen LogP contribution < -0.4 is 4.74 Å². The van der Waals surface area contributed by atoms with Crippen LogP contribution in [0.15, 0.2) is 53.0 Å². The van der Waals surface area contributed by atoms with Gasteiger partial charge in [-0.2, -0.15) is 0 Å². The number of carbonyl (C=O) groups is 1. The van der Waals surface area contributed by atoms with Crippen molar-refractivity contribution in [2.45, 2.75) is 13.0 Å². The summed E-state index contributed by atoms with van der Waals surface area (Å²) in [5, 5.41) is 1.05. The molecule has 1 aromatic heterocycles. The minimum atomic E-state index is 0.353. The lowest BCUT2D eigenvalue weighted by Crippen LogP contribution is -1.97. The van der Waals surface area contributed by atoms with Crippen molar-refractivity contribution in [3.8, 4) is 5.75 Å². The van der Waals surface area contributed by atoms with Gasteiger partial charge >= 0.3 is 0 Å². The van der Waals surface area contributed by atoms with E-state index in [2.05, 4.69) is 20.9 Å². The van der Waals surface area contributed by atoms with E-state index in [0.29, 0.717) is 26.1 Å². The number of halogens is 1. The number of H-pyrrole nitrogens is 1. The SMILES string of the molecule is O=COCCc1[nH]c2ccc(OCc3ccccc3)cc2c1Br. The number of aromatic amines is 1. The van der Waals surface area contributed by atoms with Crippen molar-refractivity contribution in [1.29, 1.82) is 0 Å². The van der Waals surface area contributed by atoms with Gasteiger partial charge in [0.15, 0.2) is 0 Å². The molecular weight excluding hydrogens is 358 g/mol. The second-order valence-corrected chi connectivity index (χ2v) is 5.91. The Hall–Kier alpha value is -2.27. The highest BCUT2D eigenvalue weighted by molar-refractivity contribution is 9.10. The number of benzene rings is 2. The average molecular weight is 374 g/mol. The molecule has 23 heavy (non-hydrogen) atoms. The van der Waals surface area contributed by atoms with Crippen LogP contribution in [0.5, 0.6) is 5.75 Å². The molecule has 0 saturated carbocycles. The number of aromatic nitrogens is 1. The Kier molecular flexibility index (Phi) is 4.98. The van der Waals surface area contributed by atoms with Crippen LogP contribution in [-0.4, -0.2) is 18.1 Å². The van der Waals surface area contributed by atoms with Crippen molar-refractivity contribution in [3.05, 3.63) is 64.3 Å². The summed E-state index contributed by atoms with van der Waals surface area (Å²) < 4.78 is 11.6. The van der Waals surface area contributed by atoms with E-state index < -0.39 is 0 Å². The molecule has 0 aliphatic carbocycles. The molecule has 0 aliphatic rings. The first-order valence-electron chi connectivity index (χ1n) is 7.30. The molecule has 4 nitrogen and oxygen atoms in total. The minimum absolute atomic E-state index is 0.353. The molecule has 0 unspecified atom stereocenters. The zero-order chi connectivity index (χ0) is 16.1. The Labute approximate surface area is 142 Å². The van der Waals surface area contributed by atoms with Crippen molar-refractivity contribution < 1.29 is 14.3 Å². The maximum absolute atomic E-state index is 10.2. The van der Waals surface area contributed by atoms with Crippen LogP contribution in [0, 0.1) is 0 Å². The molecule has 0 amide bonds. The molecular formula is C18H16BrNO3. The van der Waals surface area contributed by atoms with Gasteiger partial charge in [-0.15, -0.1) is 0 Å². The van der Waals surface area contributed by atoms with Crippen molar-refractivity contribution in [1.82, 2.24) is 4.98 Å². The van der Waals surface area contributed by atoms with E-state index >= 15 is 0 Å². The smallest absolute Gasteiger partial charge is 0.293 e. The van der Waals surface area contributed by atoms with Gasteiger partial charge in [-0.1, -0.05) is 30.3 Å². The Morgan fingerprint density at radius 3 is 2.74 bits per heavy atom. The highest BCUT2D eigenvalue weighted by Crippen LogP contribution is 2.31. The average Bonchev–Trinajstić information content (AvgIpc) is 2.90. The quantitative estimate of drug-likeness (QED) is 0.498. The highest BCUT2D eigenvalue weighted by Gasteiger charge is 2.10. The van der Waals surface area contributed by atoms with Crippen LogP contribution in [0.3, 0.4) is 0 Å². The summed E-state index contributed by atoms with van der Waals surface area (Å²) >= 11 is 3.60. The lowest BCUT2D eigenvalue weighted by Gasteiger charge is -2.06. The van der Waals surface area contributed by atoms with Crippen molar-refractivity contribution in [3.63, 3.8) is 0 Å². The van der Waals surface area contributed by atoms with Crippen LogP contribution in [0.4, 0.5) is 0 Å². The number of hydrogen-bond acceptors (Lipinski definition) is 3. The second kappa shape index (κ2) is 7.33. The molecule has 1 N–H and O–H groups in total. The summed E-state index contributed by atoms with van der Waals surface area (Å²) in [7, 11) is 0. The predicted molar refractivity (Wildman–Crippen MR) is 92.5 cm³/mol. The van der Waals surface area contributed by atoms with Gasteiger partial charge in [-0.05, 0) is 39.7 Å². The molecule has 5 heteroatoms. The fourth-order valence-corrected chi connectivity index (χ4v) is 3.03. The van der Waals surface area contributed by atoms with Gasteiger partial charge in [0.05, 0.1) is 6.61 Å². The van der Waals surface area contributed by atoms with Crippen molar-refractivity contribution in [2.75, 3.05) is 6.61 Å². The van der Waals surface area contributed by atoms with Crippen LogP contribution in [0.1, 0.15) is 11.3 Å². The van der Waals surface area contributed by atoms with E-state index in [-0.39, 0.29) is 0 Å². The van der Waals surface area contributed by atoms with Gasteiger partial charge in [0, 0.05) is 27.5 Å². The molecule has 0 atom stereocenters. The third-order valence-electron chi connectivity index (χ3n) is 3.56. The van der Waals surface area contributed by atoms with Crippen molar-refractivity contribution in [2.24, 2.45) is 0 Å². The summed E-state index contributed by atoms with van der Waals surface area (Å²) in [5.41, 5.74) is 3.15. The molecule has 0 bridgehead atoms. The minimum Gasteiger partial charge on any atom is -0.489 e. The maximum Gasteiger partial charge on any atom is 0.293 e. The van der Waals surface area contributed by atoms with Gasteiger partial charge in [0.1, 0.15) is 12.4 Å². The first-order chi connectivity index (χ1) is 11.3. The molecule has 3 rings (SSSR count). The summed E-state index contributed by atoms with van der Waals surface area (Å²) in [4.78, 5) is 13.6. The first kappa shape index (κ1) is 15.6. The summed E-state index contributed by atoms with van der Waals surface area (Å²) in [5.74, 6) is 0.816. The standard InChI is InChI=1S/C18H16BrNO3/c19-18-15-10-14(23-11-13-4-2-1-3-5-13)6-7-16(15)20-17(18)8-9-22-12-21/h1-7,10,12,20H,8-9,11H2. The first-order valence-corrected chi connectivity index (χ1v) is 8.09. The molecule has 0 aliphatic heterocycles. The number of nitrogens with one attached hydrogen (secondary N) is 1. The molecule has 1 heterocycles. The van der Waals surface area contributed by atoms with E-state index in [4.69, 9.17) is 9.47 Å². The van der Waals surface area contributed by atoms with Gasteiger partial charge in [-0.3, -0.25) is 4.79 Å². The number of hydrogen-bond donors (Lipinski definition) is 1. The summed E-state index contributed by atoms with van der Waals surface area (Å²) in [6.45, 7) is 1.35. The van der Waals surface area contributed by atoms with Crippen LogP contribution in [0.2, 0.25) is 0 Å². The molecule has 118 valence electrons. The second-order valence-electron chi connectivity index (χ2n) is 5.12. The van der Waals surface area contributed by atoms with Crippen LogP contribution in [0.25, 0.3) is 10.9 Å². The highest BCUT2D eigenvalue weighted by atomic mass is 79.9. The lowest BCUT2D eigenvalue weighted by atomic mass is 10.2. The van der Waals surface area contributed by atoms with Gasteiger partial charge in [0.2, 0.25) is 0 Å². The number of rotatable bonds is 7. The van der Waals surface area contributed by atoms with Crippen LogP contribution >= 0.6 is 15.9 Å². The molecule has 0 spiro atoms. The number of fused-ring (bicyclic) bond motifs is 1. The molecule has 2 aromatic carbocycles. The predicted octanol–water partition coefficient (Wildman–Crippen LogP) is 4.22. The monoisotopic (exact) mass is 373 g/mol. The molecule has 0 fully saturated rings. The molecule has 0 radical (unpaired) electrons. The van der Waals surface area contributed by atoms with E-state index in [1.807, 2.05) is 48.5 Å². The fourth-order valence-electron chi connectivity index (χ4n) is 2.41. The summed E-state index contributed by atoms with van der Waals surface area (Å²) in [6, 6.07) is 16.0. The van der Waals surface area contributed by atoms with Gasteiger partial charge < -0.3 is 14.5 Å². The Morgan fingerprint density at radius 2 is 1.96 bits per heavy atom. The number of ether oxygens (including phenoxy) is 2. The lowest BCUT2D eigenvalue weighted by molar-refractivity contribution is -0.128.